The van der Waals surface area contributed by atoms with Crippen molar-refractivity contribution in [3.05, 3.63) is 72.4 Å². The van der Waals surface area contributed by atoms with Gasteiger partial charge in [-0.25, -0.2) is 0 Å². The molecular weight excluding hydrogens is 228 g/mol. The zero-order valence-corrected chi connectivity index (χ0v) is 12.4. The molecule has 0 N–H and O–H groups in total. The van der Waals surface area contributed by atoms with Crippen molar-refractivity contribution in [1.82, 2.24) is 0 Å². The fraction of sp³-hybridized carbons (Fsp3) is 0.368. The van der Waals surface area contributed by atoms with Gasteiger partial charge in [-0.3, -0.25) is 0 Å². The first-order valence-electron chi connectivity index (χ1n) is 7.24. The summed E-state index contributed by atoms with van der Waals surface area (Å²) in [6.45, 7) is 12.1. The van der Waals surface area contributed by atoms with Crippen LogP contribution in [0.3, 0.4) is 0 Å². The van der Waals surface area contributed by atoms with Crippen molar-refractivity contribution in [3.8, 4) is 0 Å². The van der Waals surface area contributed by atoms with Crippen molar-refractivity contribution in [2.45, 2.75) is 45.4 Å². The molecular formula is C19H26. The van der Waals surface area contributed by atoms with Gasteiger partial charge in [0.25, 0.3) is 0 Å². The molecule has 0 bridgehead atoms. The molecule has 0 radical (unpaired) electrons. The third-order valence-electron chi connectivity index (χ3n) is 3.69. The Labute approximate surface area is 118 Å². The predicted molar refractivity (Wildman–Crippen MR) is 86.6 cm³/mol. The minimum Gasteiger partial charge on any atom is -0.0991 e. The zero-order valence-electron chi connectivity index (χ0n) is 12.4. The SMILES string of the molecule is C=C/C=C(\C=C)CCCc1ccc(C(C)CC)cc1. The minimum atomic E-state index is 0.664. The Balaban J connectivity index is 2.48. The van der Waals surface area contributed by atoms with E-state index in [0.29, 0.717) is 5.92 Å². The van der Waals surface area contributed by atoms with E-state index in [1.54, 1.807) is 0 Å². The van der Waals surface area contributed by atoms with E-state index in [1.165, 1.54) is 23.1 Å². The second kappa shape index (κ2) is 8.53. The average Bonchev–Trinajstić information content (AvgIpc) is 2.46. The monoisotopic (exact) mass is 254 g/mol. The number of benzene rings is 1. The molecule has 1 aromatic rings. The lowest BCUT2D eigenvalue weighted by Crippen LogP contribution is -1.92. The topological polar surface area (TPSA) is 0 Å². The fourth-order valence-electron chi connectivity index (χ4n) is 2.15. The molecule has 0 aliphatic rings. The van der Waals surface area contributed by atoms with E-state index in [-0.39, 0.29) is 0 Å². The summed E-state index contributed by atoms with van der Waals surface area (Å²) < 4.78 is 0. The molecule has 1 aromatic carbocycles. The Bertz CT molecular complexity index is 420. The lowest BCUT2D eigenvalue weighted by atomic mass is 9.96. The van der Waals surface area contributed by atoms with Gasteiger partial charge in [-0.15, -0.1) is 0 Å². The summed E-state index contributed by atoms with van der Waals surface area (Å²) in [4.78, 5) is 0. The molecule has 0 aliphatic heterocycles. The van der Waals surface area contributed by atoms with Crippen molar-refractivity contribution < 1.29 is 0 Å². The van der Waals surface area contributed by atoms with Gasteiger partial charge in [-0.05, 0) is 48.3 Å². The second-order valence-corrected chi connectivity index (χ2v) is 5.09. The summed E-state index contributed by atoms with van der Waals surface area (Å²) in [7, 11) is 0. The van der Waals surface area contributed by atoms with Crippen molar-refractivity contribution in [2.24, 2.45) is 0 Å². The summed E-state index contributed by atoms with van der Waals surface area (Å²) in [6.07, 6.45) is 10.4. The Morgan fingerprint density at radius 2 is 1.89 bits per heavy atom. The van der Waals surface area contributed by atoms with Crippen molar-refractivity contribution in [1.29, 1.82) is 0 Å². The highest BCUT2D eigenvalue weighted by Crippen LogP contribution is 2.19. The lowest BCUT2D eigenvalue weighted by Gasteiger charge is -2.09. The molecule has 19 heavy (non-hydrogen) atoms. The number of aryl methyl sites for hydroxylation is 1. The average molecular weight is 254 g/mol. The van der Waals surface area contributed by atoms with Crippen molar-refractivity contribution in [2.75, 3.05) is 0 Å². The molecule has 102 valence electrons. The largest absolute Gasteiger partial charge is 0.0991 e. The summed E-state index contributed by atoms with van der Waals surface area (Å²) in [6, 6.07) is 9.09. The molecule has 0 saturated heterocycles. The van der Waals surface area contributed by atoms with Gasteiger partial charge in [0.2, 0.25) is 0 Å². The van der Waals surface area contributed by atoms with Crippen LogP contribution in [0.25, 0.3) is 0 Å². The Morgan fingerprint density at radius 1 is 1.21 bits per heavy atom. The molecule has 1 atom stereocenters. The van der Waals surface area contributed by atoms with Gasteiger partial charge in [-0.2, -0.15) is 0 Å². The van der Waals surface area contributed by atoms with Gasteiger partial charge in [0.1, 0.15) is 0 Å². The molecule has 0 fully saturated rings. The van der Waals surface area contributed by atoms with Crippen molar-refractivity contribution in [3.63, 3.8) is 0 Å². The summed E-state index contributed by atoms with van der Waals surface area (Å²) >= 11 is 0. The highest BCUT2D eigenvalue weighted by atomic mass is 14.1. The molecule has 0 saturated carbocycles. The summed E-state index contributed by atoms with van der Waals surface area (Å²) in [5.74, 6) is 0.664. The van der Waals surface area contributed by atoms with Crippen LogP contribution in [-0.2, 0) is 6.42 Å². The molecule has 0 aliphatic carbocycles. The van der Waals surface area contributed by atoms with E-state index in [1.807, 2.05) is 18.2 Å². The first-order chi connectivity index (χ1) is 9.21. The first kappa shape index (κ1) is 15.5. The minimum absolute atomic E-state index is 0.664. The van der Waals surface area contributed by atoms with Gasteiger partial charge < -0.3 is 0 Å². The van der Waals surface area contributed by atoms with Crippen LogP contribution in [0, 0.1) is 0 Å². The van der Waals surface area contributed by atoms with Crippen LogP contribution in [-0.4, -0.2) is 0 Å². The van der Waals surface area contributed by atoms with E-state index in [0.717, 1.165) is 19.3 Å². The Morgan fingerprint density at radius 3 is 2.42 bits per heavy atom. The van der Waals surface area contributed by atoms with Crippen LogP contribution in [0.2, 0.25) is 0 Å². The number of rotatable bonds is 8. The maximum Gasteiger partial charge on any atom is -0.0193 e. The molecule has 0 amide bonds. The van der Waals surface area contributed by atoms with Gasteiger partial charge in [0.15, 0.2) is 0 Å². The molecule has 0 heterocycles. The third kappa shape index (κ3) is 5.30. The first-order valence-corrected chi connectivity index (χ1v) is 7.24. The summed E-state index contributed by atoms with van der Waals surface area (Å²) in [5.41, 5.74) is 4.14. The highest BCUT2D eigenvalue weighted by molar-refractivity contribution is 5.26. The number of hydrogen-bond donors (Lipinski definition) is 0. The van der Waals surface area contributed by atoms with Crippen LogP contribution in [0.4, 0.5) is 0 Å². The van der Waals surface area contributed by atoms with Crippen LogP contribution in [0.1, 0.15) is 50.2 Å². The zero-order chi connectivity index (χ0) is 14.1. The van der Waals surface area contributed by atoms with Gasteiger partial charge in [0, 0.05) is 0 Å². The lowest BCUT2D eigenvalue weighted by molar-refractivity contribution is 0.732. The van der Waals surface area contributed by atoms with Gasteiger partial charge in [-0.1, -0.05) is 69.5 Å². The number of allylic oxidation sites excluding steroid dienone is 4. The van der Waals surface area contributed by atoms with E-state index in [9.17, 15) is 0 Å². The maximum absolute atomic E-state index is 3.83. The van der Waals surface area contributed by atoms with Crippen LogP contribution < -0.4 is 0 Å². The smallest absolute Gasteiger partial charge is 0.0193 e. The van der Waals surface area contributed by atoms with E-state index < -0.39 is 0 Å². The third-order valence-corrected chi connectivity index (χ3v) is 3.69. The highest BCUT2D eigenvalue weighted by Gasteiger charge is 2.02. The molecule has 0 nitrogen and oxygen atoms in total. The standard InChI is InChI=1S/C19H26/c1-5-9-17(7-3)10-8-11-18-12-14-19(15-13-18)16(4)6-2/h5,7,9,12-16H,1,3,6,8,10-11H2,2,4H3/b17-9+. The van der Waals surface area contributed by atoms with E-state index in [4.69, 9.17) is 0 Å². The normalized spacial score (nSPS) is 13.1. The molecule has 0 heteroatoms. The van der Waals surface area contributed by atoms with Crippen LogP contribution >= 0.6 is 0 Å². The molecule has 1 unspecified atom stereocenters. The van der Waals surface area contributed by atoms with Gasteiger partial charge >= 0.3 is 0 Å². The molecule has 0 aromatic heterocycles. The summed E-state index contributed by atoms with van der Waals surface area (Å²) in [5, 5.41) is 0. The predicted octanol–water partition coefficient (Wildman–Crippen LogP) is 5.82. The quantitative estimate of drug-likeness (QED) is 0.513. The van der Waals surface area contributed by atoms with E-state index >= 15 is 0 Å². The molecule has 0 spiro atoms. The van der Waals surface area contributed by atoms with Crippen LogP contribution in [0.5, 0.6) is 0 Å². The molecule has 1 rings (SSSR count). The van der Waals surface area contributed by atoms with Crippen LogP contribution in [0.15, 0.2) is 61.2 Å². The van der Waals surface area contributed by atoms with E-state index in [2.05, 4.69) is 51.3 Å². The maximum atomic E-state index is 3.83. The van der Waals surface area contributed by atoms with Crippen molar-refractivity contribution >= 4 is 0 Å². The Hall–Kier alpha value is -1.56. The number of hydrogen-bond acceptors (Lipinski definition) is 0. The Kier molecular flexibility index (Phi) is 6.95. The fourth-order valence-corrected chi connectivity index (χ4v) is 2.15. The van der Waals surface area contributed by atoms with Gasteiger partial charge in [0.05, 0.1) is 0 Å². The second-order valence-electron chi connectivity index (χ2n) is 5.09.